The zero-order valence-electron chi connectivity index (χ0n) is 11.9. The van der Waals surface area contributed by atoms with Gasteiger partial charge in [-0.05, 0) is 49.1 Å². The quantitative estimate of drug-likeness (QED) is 0.791. The van der Waals surface area contributed by atoms with Gasteiger partial charge in [-0.25, -0.2) is 0 Å². The van der Waals surface area contributed by atoms with Gasteiger partial charge in [0, 0.05) is 10.9 Å². The van der Waals surface area contributed by atoms with E-state index in [0.29, 0.717) is 11.5 Å². The first-order valence-electron chi connectivity index (χ1n) is 7.50. The lowest BCUT2D eigenvalue weighted by Crippen LogP contribution is -2.45. The van der Waals surface area contributed by atoms with Gasteiger partial charge in [-0.2, -0.15) is 0 Å². The van der Waals surface area contributed by atoms with Gasteiger partial charge in [0.05, 0.1) is 0 Å². The third kappa shape index (κ3) is 3.58. The van der Waals surface area contributed by atoms with Gasteiger partial charge < -0.3 is 5.32 Å². The molecule has 2 rings (SSSR count). The Labute approximate surface area is 116 Å². The van der Waals surface area contributed by atoms with E-state index in [2.05, 4.69) is 36.7 Å². The molecule has 0 amide bonds. The summed E-state index contributed by atoms with van der Waals surface area (Å²) < 4.78 is 0. The Morgan fingerprint density at radius 1 is 1.33 bits per heavy atom. The SMILES string of the molecule is CCNC(CCc1cccs1)C1(C)CCCCC1. The first-order chi connectivity index (χ1) is 8.74. The summed E-state index contributed by atoms with van der Waals surface area (Å²) in [7, 11) is 0. The van der Waals surface area contributed by atoms with Gasteiger partial charge >= 0.3 is 0 Å². The number of hydrogen-bond donors (Lipinski definition) is 1. The highest BCUT2D eigenvalue weighted by molar-refractivity contribution is 7.09. The molecule has 1 aromatic rings. The van der Waals surface area contributed by atoms with Crippen LogP contribution in [0, 0.1) is 5.41 Å². The van der Waals surface area contributed by atoms with E-state index in [1.807, 2.05) is 11.3 Å². The molecule has 1 fully saturated rings. The molecule has 0 radical (unpaired) electrons. The van der Waals surface area contributed by atoms with Crippen LogP contribution in [0.15, 0.2) is 17.5 Å². The fourth-order valence-corrected chi connectivity index (χ4v) is 4.12. The molecule has 0 spiro atoms. The average Bonchev–Trinajstić information content (AvgIpc) is 2.88. The first kappa shape index (κ1) is 14.1. The maximum atomic E-state index is 3.76. The largest absolute Gasteiger partial charge is 0.314 e. The second kappa shape index (κ2) is 6.72. The highest BCUT2D eigenvalue weighted by atomic mass is 32.1. The van der Waals surface area contributed by atoms with Crippen molar-refractivity contribution in [3.05, 3.63) is 22.4 Å². The minimum absolute atomic E-state index is 0.533. The van der Waals surface area contributed by atoms with Gasteiger partial charge in [-0.1, -0.05) is 39.2 Å². The summed E-state index contributed by atoms with van der Waals surface area (Å²) in [6, 6.07) is 5.14. The van der Waals surface area contributed by atoms with Crippen molar-refractivity contribution in [2.24, 2.45) is 5.41 Å². The summed E-state index contributed by atoms with van der Waals surface area (Å²) in [5.41, 5.74) is 0.533. The van der Waals surface area contributed by atoms with Crippen LogP contribution in [0.2, 0.25) is 0 Å². The molecule has 1 aromatic heterocycles. The predicted octanol–water partition coefficient (Wildman–Crippen LogP) is 4.63. The van der Waals surface area contributed by atoms with Crippen molar-refractivity contribution < 1.29 is 0 Å². The maximum absolute atomic E-state index is 3.76. The zero-order chi connectivity index (χ0) is 12.8. The average molecular weight is 265 g/mol. The van der Waals surface area contributed by atoms with E-state index in [1.165, 1.54) is 49.8 Å². The Kier molecular flexibility index (Phi) is 5.25. The molecule has 1 saturated carbocycles. The Bertz CT molecular complexity index is 325. The molecule has 0 bridgehead atoms. The topological polar surface area (TPSA) is 12.0 Å². The van der Waals surface area contributed by atoms with Crippen LogP contribution in [0.4, 0.5) is 0 Å². The molecule has 1 heterocycles. The third-order valence-electron chi connectivity index (χ3n) is 4.55. The molecule has 1 aliphatic rings. The van der Waals surface area contributed by atoms with Crippen LogP contribution < -0.4 is 5.32 Å². The van der Waals surface area contributed by atoms with Crippen LogP contribution in [0.25, 0.3) is 0 Å². The van der Waals surface area contributed by atoms with Gasteiger partial charge in [0.2, 0.25) is 0 Å². The number of thiophene rings is 1. The van der Waals surface area contributed by atoms with Crippen molar-refractivity contribution in [2.75, 3.05) is 6.54 Å². The van der Waals surface area contributed by atoms with E-state index in [0.717, 1.165) is 6.54 Å². The van der Waals surface area contributed by atoms with E-state index < -0.39 is 0 Å². The zero-order valence-corrected chi connectivity index (χ0v) is 12.7. The standard InChI is InChI=1S/C16H27NS/c1-3-17-15(10-9-14-8-7-13-18-14)16(2)11-5-4-6-12-16/h7-8,13,15,17H,3-6,9-12H2,1-2H3. The summed E-state index contributed by atoms with van der Waals surface area (Å²) in [4.78, 5) is 1.54. The van der Waals surface area contributed by atoms with Crippen molar-refractivity contribution >= 4 is 11.3 Å². The molecule has 1 unspecified atom stereocenters. The lowest BCUT2D eigenvalue weighted by atomic mass is 9.69. The second-order valence-electron chi connectivity index (χ2n) is 5.94. The van der Waals surface area contributed by atoms with Crippen LogP contribution >= 0.6 is 11.3 Å². The Morgan fingerprint density at radius 3 is 2.72 bits per heavy atom. The molecule has 102 valence electrons. The molecule has 1 atom stereocenters. The summed E-state index contributed by atoms with van der Waals surface area (Å²) in [5.74, 6) is 0. The van der Waals surface area contributed by atoms with Crippen molar-refractivity contribution in [3.8, 4) is 0 Å². The monoisotopic (exact) mass is 265 g/mol. The smallest absolute Gasteiger partial charge is 0.0124 e. The van der Waals surface area contributed by atoms with Crippen molar-refractivity contribution in [1.29, 1.82) is 0 Å². The van der Waals surface area contributed by atoms with Gasteiger partial charge in [0.25, 0.3) is 0 Å². The summed E-state index contributed by atoms with van der Waals surface area (Å²) in [6.07, 6.45) is 9.66. The molecule has 18 heavy (non-hydrogen) atoms. The van der Waals surface area contributed by atoms with Crippen LogP contribution in [0.1, 0.15) is 57.2 Å². The first-order valence-corrected chi connectivity index (χ1v) is 8.38. The van der Waals surface area contributed by atoms with Crippen molar-refractivity contribution in [1.82, 2.24) is 5.32 Å². The molecule has 1 nitrogen and oxygen atoms in total. The summed E-state index contributed by atoms with van der Waals surface area (Å²) >= 11 is 1.90. The summed E-state index contributed by atoms with van der Waals surface area (Å²) in [6.45, 7) is 5.85. The van der Waals surface area contributed by atoms with Gasteiger partial charge in [-0.3, -0.25) is 0 Å². The highest BCUT2D eigenvalue weighted by Crippen LogP contribution is 2.40. The number of nitrogens with one attached hydrogen (secondary N) is 1. The minimum atomic E-state index is 0.533. The fraction of sp³-hybridized carbons (Fsp3) is 0.750. The van der Waals surface area contributed by atoms with Crippen LogP contribution in [0.5, 0.6) is 0 Å². The number of aryl methyl sites for hydroxylation is 1. The molecule has 0 aliphatic heterocycles. The van der Waals surface area contributed by atoms with E-state index >= 15 is 0 Å². The molecule has 1 aliphatic carbocycles. The molecule has 0 saturated heterocycles. The Morgan fingerprint density at radius 2 is 2.11 bits per heavy atom. The van der Waals surface area contributed by atoms with Crippen LogP contribution in [-0.2, 0) is 6.42 Å². The lowest BCUT2D eigenvalue weighted by Gasteiger charge is -2.41. The maximum Gasteiger partial charge on any atom is 0.0124 e. The van der Waals surface area contributed by atoms with Crippen molar-refractivity contribution in [3.63, 3.8) is 0 Å². The van der Waals surface area contributed by atoms with E-state index in [4.69, 9.17) is 0 Å². The van der Waals surface area contributed by atoms with Crippen LogP contribution in [-0.4, -0.2) is 12.6 Å². The molecule has 1 N–H and O–H groups in total. The van der Waals surface area contributed by atoms with Crippen LogP contribution in [0.3, 0.4) is 0 Å². The van der Waals surface area contributed by atoms with E-state index in [-0.39, 0.29) is 0 Å². The van der Waals surface area contributed by atoms with Crippen molar-refractivity contribution in [2.45, 2.75) is 64.8 Å². The highest BCUT2D eigenvalue weighted by Gasteiger charge is 2.34. The minimum Gasteiger partial charge on any atom is -0.314 e. The number of rotatable bonds is 6. The lowest BCUT2D eigenvalue weighted by molar-refractivity contribution is 0.139. The third-order valence-corrected chi connectivity index (χ3v) is 5.48. The summed E-state index contributed by atoms with van der Waals surface area (Å²) in [5, 5.41) is 5.95. The van der Waals surface area contributed by atoms with Gasteiger partial charge in [-0.15, -0.1) is 11.3 Å². The van der Waals surface area contributed by atoms with Gasteiger partial charge in [0.15, 0.2) is 0 Å². The molecule has 2 heteroatoms. The van der Waals surface area contributed by atoms with Gasteiger partial charge in [0.1, 0.15) is 0 Å². The Balaban J connectivity index is 1.93. The molecular weight excluding hydrogens is 238 g/mol. The van der Waals surface area contributed by atoms with E-state index in [1.54, 1.807) is 0 Å². The predicted molar refractivity (Wildman–Crippen MR) is 81.3 cm³/mol. The second-order valence-corrected chi connectivity index (χ2v) is 6.98. The molecular formula is C16H27NS. The number of hydrogen-bond acceptors (Lipinski definition) is 2. The van der Waals surface area contributed by atoms with E-state index in [9.17, 15) is 0 Å². The molecule has 0 aromatic carbocycles. The fourth-order valence-electron chi connectivity index (χ4n) is 3.39. The Hall–Kier alpha value is -0.340. The normalized spacial score (nSPS) is 20.8.